The summed E-state index contributed by atoms with van der Waals surface area (Å²) in [5, 5.41) is 13.7. The molecular formula is C18H16Cl2N2O6. The summed E-state index contributed by atoms with van der Waals surface area (Å²) in [6, 6.07) is 8.53. The Bertz CT molecular complexity index is 919. The Hall–Kier alpha value is -2.84. The molecule has 1 amide bonds. The number of ether oxygens (including phenoxy) is 2. The number of carbonyl (C=O) groups is 2. The molecule has 1 unspecified atom stereocenters. The van der Waals surface area contributed by atoms with Gasteiger partial charge in [-0.25, -0.2) is 4.79 Å². The molecule has 0 fully saturated rings. The van der Waals surface area contributed by atoms with Crippen LogP contribution in [0.1, 0.15) is 12.5 Å². The number of carbonyl (C=O) groups excluding carboxylic acids is 2. The van der Waals surface area contributed by atoms with Crippen LogP contribution in [0.2, 0.25) is 10.0 Å². The topological polar surface area (TPSA) is 108 Å². The fourth-order valence-electron chi connectivity index (χ4n) is 2.15. The number of benzene rings is 2. The van der Waals surface area contributed by atoms with Gasteiger partial charge in [-0.1, -0.05) is 23.2 Å². The highest BCUT2D eigenvalue weighted by Gasteiger charge is 2.20. The van der Waals surface area contributed by atoms with Crippen LogP contribution in [0.3, 0.4) is 0 Å². The van der Waals surface area contributed by atoms with Crippen LogP contribution in [0.4, 0.5) is 11.4 Å². The first-order valence-corrected chi connectivity index (χ1v) is 8.76. The Labute approximate surface area is 170 Å². The Kier molecular flexibility index (Phi) is 7.19. The summed E-state index contributed by atoms with van der Waals surface area (Å²) in [5.41, 5.74) is 0.698. The number of hydrogen-bond acceptors (Lipinski definition) is 6. The monoisotopic (exact) mass is 426 g/mol. The van der Waals surface area contributed by atoms with Crippen molar-refractivity contribution in [1.82, 2.24) is 0 Å². The number of non-ortho nitro benzene ring substituents is 1. The molecule has 10 heteroatoms. The number of amides is 1. The average Bonchev–Trinajstić information content (AvgIpc) is 2.62. The van der Waals surface area contributed by atoms with Gasteiger partial charge in [0.15, 0.2) is 12.7 Å². The molecule has 0 aliphatic rings. The van der Waals surface area contributed by atoms with Crippen molar-refractivity contribution in [3.8, 4) is 5.75 Å². The van der Waals surface area contributed by atoms with Crippen molar-refractivity contribution in [3.05, 3.63) is 62.1 Å². The van der Waals surface area contributed by atoms with Crippen LogP contribution < -0.4 is 10.1 Å². The minimum atomic E-state index is -1.13. The summed E-state index contributed by atoms with van der Waals surface area (Å²) >= 11 is 11.8. The van der Waals surface area contributed by atoms with Gasteiger partial charge < -0.3 is 14.8 Å². The summed E-state index contributed by atoms with van der Waals surface area (Å²) in [5.74, 6) is -0.922. The molecule has 1 N–H and O–H groups in total. The second-order valence-corrected chi connectivity index (χ2v) is 6.58. The third kappa shape index (κ3) is 5.83. The van der Waals surface area contributed by atoms with E-state index in [-0.39, 0.29) is 16.4 Å². The molecule has 1 atom stereocenters. The molecule has 2 aromatic carbocycles. The SMILES string of the molecule is Cc1cc(Cl)ccc1OCC(=O)OC(C)C(=O)Nc1ccc([N+](=O)[O-])cc1Cl. The first-order valence-electron chi connectivity index (χ1n) is 8.00. The van der Waals surface area contributed by atoms with Gasteiger partial charge in [0.05, 0.1) is 15.6 Å². The number of hydrogen-bond donors (Lipinski definition) is 1. The highest BCUT2D eigenvalue weighted by Crippen LogP contribution is 2.27. The zero-order valence-corrected chi connectivity index (χ0v) is 16.4. The van der Waals surface area contributed by atoms with E-state index < -0.39 is 29.5 Å². The van der Waals surface area contributed by atoms with Gasteiger partial charge >= 0.3 is 5.97 Å². The van der Waals surface area contributed by atoms with Crippen molar-refractivity contribution in [2.24, 2.45) is 0 Å². The van der Waals surface area contributed by atoms with Crippen LogP contribution in [-0.4, -0.2) is 29.5 Å². The normalized spacial score (nSPS) is 11.4. The van der Waals surface area contributed by atoms with Gasteiger partial charge in [0.2, 0.25) is 0 Å². The lowest BCUT2D eigenvalue weighted by Gasteiger charge is -2.15. The van der Waals surface area contributed by atoms with E-state index in [0.29, 0.717) is 10.8 Å². The maximum Gasteiger partial charge on any atom is 0.344 e. The molecule has 0 aliphatic carbocycles. The average molecular weight is 427 g/mol. The summed E-state index contributed by atoms with van der Waals surface area (Å²) < 4.78 is 10.4. The molecule has 2 aromatic rings. The number of nitro groups is 1. The minimum Gasteiger partial charge on any atom is -0.482 e. The lowest BCUT2D eigenvalue weighted by molar-refractivity contribution is -0.384. The predicted octanol–water partition coefficient (Wildman–Crippen LogP) is 4.16. The number of halogens is 2. The van der Waals surface area contributed by atoms with Crippen molar-refractivity contribution in [1.29, 1.82) is 0 Å². The zero-order valence-electron chi connectivity index (χ0n) is 14.9. The molecule has 0 radical (unpaired) electrons. The van der Waals surface area contributed by atoms with E-state index in [1.54, 1.807) is 25.1 Å². The summed E-state index contributed by atoms with van der Waals surface area (Å²) in [7, 11) is 0. The summed E-state index contributed by atoms with van der Waals surface area (Å²) in [4.78, 5) is 34.1. The molecule has 2 rings (SSSR count). The largest absolute Gasteiger partial charge is 0.482 e. The zero-order chi connectivity index (χ0) is 20.8. The van der Waals surface area contributed by atoms with Crippen molar-refractivity contribution < 1.29 is 24.0 Å². The quantitative estimate of drug-likeness (QED) is 0.404. The molecule has 0 heterocycles. The highest BCUT2D eigenvalue weighted by molar-refractivity contribution is 6.34. The number of nitro benzene ring substituents is 1. The Morgan fingerprint density at radius 1 is 1.21 bits per heavy atom. The van der Waals surface area contributed by atoms with Crippen LogP contribution >= 0.6 is 23.2 Å². The lowest BCUT2D eigenvalue weighted by atomic mass is 10.2. The van der Waals surface area contributed by atoms with Crippen LogP contribution in [-0.2, 0) is 14.3 Å². The van der Waals surface area contributed by atoms with E-state index >= 15 is 0 Å². The molecule has 8 nitrogen and oxygen atoms in total. The van der Waals surface area contributed by atoms with Gasteiger partial charge in [-0.15, -0.1) is 0 Å². The molecular weight excluding hydrogens is 411 g/mol. The molecule has 0 bridgehead atoms. The standard InChI is InChI=1S/C18H16Cl2N2O6/c1-10-7-12(19)3-6-16(10)27-9-17(23)28-11(2)18(24)21-15-5-4-13(22(25)26)8-14(15)20/h3-8,11H,9H2,1-2H3,(H,21,24). The van der Waals surface area contributed by atoms with Gasteiger partial charge in [0.25, 0.3) is 11.6 Å². The maximum absolute atomic E-state index is 12.1. The van der Waals surface area contributed by atoms with Gasteiger partial charge in [0, 0.05) is 17.2 Å². The number of aryl methyl sites for hydroxylation is 1. The van der Waals surface area contributed by atoms with E-state index in [2.05, 4.69) is 5.32 Å². The number of nitrogens with one attached hydrogen (secondary N) is 1. The Balaban J connectivity index is 1.89. The predicted molar refractivity (Wildman–Crippen MR) is 104 cm³/mol. The summed E-state index contributed by atoms with van der Waals surface area (Å²) in [6.45, 7) is 2.76. The number of esters is 1. The Morgan fingerprint density at radius 3 is 2.54 bits per heavy atom. The van der Waals surface area contributed by atoms with Crippen LogP contribution in [0.15, 0.2) is 36.4 Å². The minimum absolute atomic E-state index is 0.0115. The maximum atomic E-state index is 12.1. The molecule has 0 saturated carbocycles. The van der Waals surface area contributed by atoms with Crippen molar-refractivity contribution in [3.63, 3.8) is 0 Å². The number of rotatable bonds is 7. The molecule has 0 spiro atoms. The fraction of sp³-hybridized carbons (Fsp3) is 0.222. The molecule has 148 valence electrons. The third-order valence-corrected chi connectivity index (χ3v) is 4.13. The Morgan fingerprint density at radius 2 is 1.93 bits per heavy atom. The summed E-state index contributed by atoms with van der Waals surface area (Å²) in [6.07, 6.45) is -1.13. The molecule has 28 heavy (non-hydrogen) atoms. The van der Waals surface area contributed by atoms with E-state index in [0.717, 1.165) is 11.6 Å². The van der Waals surface area contributed by atoms with E-state index in [1.807, 2.05) is 0 Å². The molecule has 0 aromatic heterocycles. The highest BCUT2D eigenvalue weighted by atomic mass is 35.5. The van der Waals surface area contributed by atoms with Crippen molar-refractivity contribution in [2.75, 3.05) is 11.9 Å². The van der Waals surface area contributed by atoms with Crippen LogP contribution in [0.25, 0.3) is 0 Å². The lowest BCUT2D eigenvalue weighted by Crippen LogP contribution is -2.31. The third-order valence-electron chi connectivity index (χ3n) is 3.58. The van der Waals surface area contributed by atoms with Gasteiger partial charge in [-0.3, -0.25) is 14.9 Å². The van der Waals surface area contributed by atoms with Crippen molar-refractivity contribution in [2.45, 2.75) is 20.0 Å². The molecule has 0 aliphatic heterocycles. The van der Waals surface area contributed by atoms with E-state index in [9.17, 15) is 19.7 Å². The van der Waals surface area contributed by atoms with E-state index in [4.69, 9.17) is 32.7 Å². The van der Waals surface area contributed by atoms with Crippen molar-refractivity contribution >= 4 is 46.5 Å². The number of nitrogens with zero attached hydrogens (tertiary/aromatic N) is 1. The second kappa shape index (κ2) is 9.38. The number of anilines is 1. The van der Waals surface area contributed by atoms with Gasteiger partial charge in [0.1, 0.15) is 5.75 Å². The van der Waals surface area contributed by atoms with Crippen LogP contribution in [0.5, 0.6) is 5.75 Å². The van der Waals surface area contributed by atoms with Gasteiger partial charge in [-0.2, -0.15) is 0 Å². The first-order chi connectivity index (χ1) is 13.2. The molecule has 0 saturated heterocycles. The second-order valence-electron chi connectivity index (χ2n) is 5.74. The van der Waals surface area contributed by atoms with Gasteiger partial charge in [-0.05, 0) is 43.7 Å². The first kappa shape index (κ1) is 21.5. The van der Waals surface area contributed by atoms with Crippen LogP contribution in [0, 0.1) is 17.0 Å². The fourth-order valence-corrected chi connectivity index (χ4v) is 2.60. The smallest absolute Gasteiger partial charge is 0.344 e. The van der Waals surface area contributed by atoms with E-state index in [1.165, 1.54) is 19.1 Å².